The molecule has 10 aliphatic rings. The zero-order valence-corrected chi connectivity index (χ0v) is 30.4. The molecule has 48 heavy (non-hydrogen) atoms. The van der Waals surface area contributed by atoms with Crippen LogP contribution in [0.25, 0.3) is 0 Å². The summed E-state index contributed by atoms with van der Waals surface area (Å²) in [5, 5.41) is 13.0. The Balaban J connectivity index is 0.881. The van der Waals surface area contributed by atoms with E-state index in [9.17, 15) is 0 Å². The van der Waals surface area contributed by atoms with Crippen molar-refractivity contribution in [3.63, 3.8) is 0 Å². The summed E-state index contributed by atoms with van der Waals surface area (Å²) in [6.07, 6.45) is 39.3. The summed E-state index contributed by atoms with van der Waals surface area (Å²) in [7, 11) is 0. The normalized spacial score (nSPS) is 53.2. The van der Waals surface area contributed by atoms with E-state index in [2.05, 4.69) is 16.0 Å². The van der Waals surface area contributed by atoms with Crippen molar-refractivity contribution in [3.8, 4) is 0 Å². The van der Waals surface area contributed by atoms with Crippen LogP contribution in [0.15, 0.2) is 0 Å². The third-order valence-corrected chi connectivity index (χ3v) is 17.5. The molecular formula is C43H71N3O2. The molecule has 10 rings (SSSR count). The quantitative estimate of drug-likeness (QED) is 0.281. The third-order valence-electron chi connectivity index (χ3n) is 17.5. The second kappa shape index (κ2) is 14.0. The number of fused-ring (bicyclic) bond motifs is 8. The summed E-state index contributed by atoms with van der Waals surface area (Å²) in [5.41, 5.74) is 0. The maximum atomic E-state index is 7.23. The molecule has 16 unspecified atom stereocenters. The Labute approximate surface area is 293 Å². The predicted octanol–water partition coefficient (Wildman–Crippen LogP) is 8.91. The van der Waals surface area contributed by atoms with Crippen molar-refractivity contribution >= 4 is 0 Å². The van der Waals surface area contributed by atoms with Crippen LogP contribution in [0.4, 0.5) is 0 Å². The van der Waals surface area contributed by atoms with Crippen LogP contribution in [-0.4, -0.2) is 42.9 Å². The first-order valence-electron chi connectivity index (χ1n) is 22.4. The molecule has 0 spiro atoms. The molecule has 16 atom stereocenters. The highest BCUT2D eigenvalue weighted by Crippen LogP contribution is 2.60. The van der Waals surface area contributed by atoms with Crippen LogP contribution in [0.3, 0.4) is 0 Å². The van der Waals surface area contributed by atoms with Gasteiger partial charge in [-0.25, -0.2) is 0 Å². The van der Waals surface area contributed by atoms with Crippen LogP contribution in [0.1, 0.15) is 161 Å². The highest BCUT2D eigenvalue weighted by Gasteiger charge is 2.58. The van der Waals surface area contributed by atoms with Gasteiger partial charge in [-0.1, -0.05) is 83.5 Å². The Kier molecular flexibility index (Phi) is 9.45. The number of hydrogen-bond donors (Lipinski definition) is 3. The minimum Gasteiger partial charge on any atom is -0.374 e. The number of rotatable bonds is 4. The van der Waals surface area contributed by atoms with Gasteiger partial charge >= 0.3 is 0 Å². The van der Waals surface area contributed by atoms with E-state index in [1.54, 1.807) is 0 Å². The first-order chi connectivity index (χ1) is 23.8. The van der Waals surface area contributed by atoms with E-state index >= 15 is 0 Å². The first kappa shape index (κ1) is 32.5. The fourth-order valence-electron chi connectivity index (χ4n) is 15.5. The lowest BCUT2D eigenvalue weighted by Crippen LogP contribution is -2.73. The van der Waals surface area contributed by atoms with Gasteiger partial charge in [-0.2, -0.15) is 0 Å². The van der Waals surface area contributed by atoms with E-state index in [0.29, 0.717) is 48.8 Å². The lowest BCUT2D eigenvalue weighted by Gasteiger charge is -2.53. The Morgan fingerprint density at radius 3 is 1.73 bits per heavy atom. The number of hydrogen-bond acceptors (Lipinski definition) is 5. The molecule has 0 amide bonds. The van der Waals surface area contributed by atoms with Crippen molar-refractivity contribution in [3.05, 3.63) is 0 Å². The van der Waals surface area contributed by atoms with Gasteiger partial charge in [0.25, 0.3) is 0 Å². The van der Waals surface area contributed by atoms with Gasteiger partial charge in [0.15, 0.2) is 0 Å². The molecule has 0 radical (unpaired) electrons. The minimum atomic E-state index is 0.398. The molecule has 3 aliphatic heterocycles. The van der Waals surface area contributed by atoms with Gasteiger partial charge in [0.2, 0.25) is 0 Å². The van der Waals surface area contributed by atoms with Crippen molar-refractivity contribution in [2.24, 2.45) is 65.1 Å². The Morgan fingerprint density at radius 1 is 0.312 bits per heavy atom. The molecule has 5 heteroatoms. The summed E-state index contributed by atoms with van der Waals surface area (Å²) >= 11 is 0. The molecule has 0 aromatic carbocycles. The van der Waals surface area contributed by atoms with Crippen LogP contribution in [-0.2, 0) is 9.47 Å². The zero-order chi connectivity index (χ0) is 31.6. The molecule has 7 aliphatic carbocycles. The average molecular weight is 662 g/mol. The van der Waals surface area contributed by atoms with Gasteiger partial charge < -0.3 is 9.47 Å². The maximum absolute atomic E-state index is 7.23. The largest absolute Gasteiger partial charge is 0.374 e. The SMILES string of the molecule is C1CCC(C2NC(C3CCC4OC5CC(C6CCCCC6)C6CCCCC6C5C4C3)NC(C3CCCC4C5CCCCC5OC34)N2)CC1. The Hall–Kier alpha value is -0.200. The summed E-state index contributed by atoms with van der Waals surface area (Å²) < 4.78 is 14.3. The minimum absolute atomic E-state index is 0.398. The van der Waals surface area contributed by atoms with Crippen LogP contribution in [0, 0.1) is 65.1 Å². The van der Waals surface area contributed by atoms with Crippen molar-refractivity contribution in [2.45, 2.75) is 203 Å². The van der Waals surface area contributed by atoms with Crippen molar-refractivity contribution in [1.82, 2.24) is 16.0 Å². The van der Waals surface area contributed by atoms with Crippen LogP contribution < -0.4 is 16.0 Å². The highest BCUT2D eigenvalue weighted by molar-refractivity contribution is 5.07. The number of nitrogens with one attached hydrogen (secondary N) is 3. The molecule has 0 bridgehead atoms. The van der Waals surface area contributed by atoms with Gasteiger partial charge in [0.1, 0.15) is 0 Å². The third kappa shape index (κ3) is 5.90. The van der Waals surface area contributed by atoms with E-state index in [1.807, 2.05) is 0 Å². The monoisotopic (exact) mass is 662 g/mol. The first-order valence-corrected chi connectivity index (χ1v) is 22.4. The molecule has 3 N–H and O–H groups in total. The van der Waals surface area contributed by atoms with E-state index in [4.69, 9.17) is 9.47 Å². The van der Waals surface area contributed by atoms with Gasteiger partial charge in [0.05, 0.1) is 42.9 Å². The zero-order valence-electron chi connectivity index (χ0n) is 30.4. The molecule has 7 saturated carbocycles. The lowest BCUT2D eigenvalue weighted by atomic mass is 9.53. The van der Waals surface area contributed by atoms with E-state index < -0.39 is 0 Å². The van der Waals surface area contributed by atoms with Gasteiger partial charge in [-0.3, -0.25) is 16.0 Å². The molecule has 0 aromatic heterocycles. The Bertz CT molecular complexity index is 1090. The average Bonchev–Trinajstić information content (AvgIpc) is 3.73. The van der Waals surface area contributed by atoms with Gasteiger partial charge in [0, 0.05) is 5.92 Å². The maximum Gasteiger partial charge on any atom is 0.0666 e. The lowest BCUT2D eigenvalue weighted by molar-refractivity contribution is -0.0667. The molecule has 3 heterocycles. The van der Waals surface area contributed by atoms with E-state index in [1.165, 1.54) is 161 Å². The second-order valence-corrected chi connectivity index (χ2v) is 19.6. The second-order valence-electron chi connectivity index (χ2n) is 19.6. The van der Waals surface area contributed by atoms with E-state index in [0.717, 1.165) is 59.2 Å². The topological polar surface area (TPSA) is 54.5 Å². The number of ether oxygens (including phenoxy) is 2. The van der Waals surface area contributed by atoms with Crippen LogP contribution in [0.2, 0.25) is 0 Å². The summed E-state index contributed by atoms with van der Waals surface area (Å²) in [4.78, 5) is 0. The molecule has 10 fully saturated rings. The predicted molar refractivity (Wildman–Crippen MR) is 192 cm³/mol. The summed E-state index contributed by atoms with van der Waals surface area (Å²) in [6, 6.07) is 0. The van der Waals surface area contributed by atoms with Gasteiger partial charge in [-0.15, -0.1) is 0 Å². The fourth-order valence-corrected chi connectivity index (χ4v) is 15.5. The van der Waals surface area contributed by atoms with Crippen LogP contribution in [0.5, 0.6) is 0 Å². The smallest absolute Gasteiger partial charge is 0.0666 e. The molecule has 3 saturated heterocycles. The fraction of sp³-hybridized carbons (Fsp3) is 1.00. The molecular weight excluding hydrogens is 590 g/mol. The molecule has 270 valence electrons. The van der Waals surface area contributed by atoms with Crippen molar-refractivity contribution < 1.29 is 9.47 Å². The summed E-state index contributed by atoms with van der Waals surface area (Å²) in [6.45, 7) is 0. The van der Waals surface area contributed by atoms with Crippen LogP contribution >= 0.6 is 0 Å². The highest BCUT2D eigenvalue weighted by atomic mass is 16.5. The van der Waals surface area contributed by atoms with E-state index in [-0.39, 0.29) is 0 Å². The molecule has 0 aromatic rings. The van der Waals surface area contributed by atoms with Gasteiger partial charge in [-0.05, 0) is 136 Å². The summed E-state index contributed by atoms with van der Waals surface area (Å²) in [5.74, 6) is 9.40. The van der Waals surface area contributed by atoms with Crippen molar-refractivity contribution in [2.75, 3.05) is 0 Å². The standard InChI is InChI=1S/C43H71N3O2/c1-3-12-26(13-4-1)34-25-38-39(31-18-8-7-16-29(31)34)35-24-28(22-23-37(35)47-38)42-44-41(27-14-5-2-6-15-27)45-43(46-42)33-20-11-19-32-30-17-9-10-21-36(30)48-40(32)33/h26-46H,1-25H2. The molecule has 5 nitrogen and oxygen atoms in total. The Morgan fingerprint density at radius 2 is 0.917 bits per heavy atom. The van der Waals surface area contributed by atoms with Crippen molar-refractivity contribution in [1.29, 1.82) is 0 Å².